The quantitative estimate of drug-likeness (QED) is 0.0258. The number of amides is 13. The number of carbonyl (C=O) groups excluding carboxylic acids is 13. The molecule has 0 saturated carbocycles. The molecule has 2 aromatic rings. The zero-order valence-corrected chi connectivity index (χ0v) is 71.0. The molecule has 17 N–H and O–H groups in total. The molecule has 3 aliphatic heterocycles. The van der Waals surface area contributed by atoms with Crippen LogP contribution in [-0.2, 0) is 99.3 Å². The van der Waals surface area contributed by atoms with Crippen LogP contribution in [0.1, 0.15) is 134 Å². The Morgan fingerprint density at radius 3 is 1.82 bits per heavy atom. The first-order valence-corrected chi connectivity index (χ1v) is 43.7. The predicted octanol–water partition coefficient (Wildman–Crippen LogP) is -1.76. The van der Waals surface area contributed by atoms with E-state index in [9.17, 15) is 77.3 Å². The predicted molar refractivity (Wildman–Crippen MR) is 448 cm³/mol. The van der Waals surface area contributed by atoms with Gasteiger partial charge in [-0.25, -0.2) is 4.99 Å². The van der Waals surface area contributed by atoms with Gasteiger partial charge in [-0.3, -0.25) is 77.0 Å². The molecule has 664 valence electrons. The third kappa shape index (κ3) is 39.1. The van der Waals surface area contributed by atoms with Gasteiger partial charge in [0.1, 0.15) is 36.3 Å². The number of nitrogens with two attached hydrogens (primary N) is 3. The van der Waals surface area contributed by atoms with Crippen molar-refractivity contribution in [2.75, 3.05) is 149 Å². The molecular formula is C80H128N18O19S2. The fraction of sp³-hybridized carbons (Fsp3) is 0.675. The fourth-order valence-corrected chi connectivity index (χ4v) is 15.2. The Morgan fingerprint density at radius 2 is 1.19 bits per heavy atom. The molecule has 5 rings (SSSR count). The first kappa shape index (κ1) is 101. The molecule has 2 unspecified atom stereocenters. The van der Waals surface area contributed by atoms with Crippen LogP contribution in [0.2, 0.25) is 0 Å². The van der Waals surface area contributed by atoms with E-state index < -0.39 is 126 Å². The lowest BCUT2D eigenvalue weighted by molar-refractivity contribution is -0.146. The summed E-state index contributed by atoms with van der Waals surface area (Å²) in [4.78, 5) is 202. The van der Waals surface area contributed by atoms with Gasteiger partial charge in [0.15, 0.2) is 0 Å². The van der Waals surface area contributed by atoms with Crippen molar-refractivity contribution in [2.45, 2.75) is 178 Å². The normalized spacial score (nSPS) is 16.9. The zero-order chi connectivity index (χ0) is 86.9. The number of aromatic nitrogens is 1. The van der Waals surface area contributed by atoms with Crippen LogP contribution in [-0.4, -0.2) is 315 Å². The van der Waals surface area contributed by atoms with Crippen molar-refractivity contribution in [1.82, 2.24) is 72.4 Å². The molecule has 4 heterocycles. The van der Waals surface area contributed by atoms with Crippen LogP contribution in [0, 0.1) is 17.8 Å². The number of likely N-dealkylation sites (tertiary alicyclic amines) is 2. The zero-order valence-electron chi connectivity index (χ0n) is 69.3. The van der Waals surface area contributed by atoms with Crippen molar-refractivity contribution < 1.29 is 91.5 Å². The summed E-state index contributed by atoms with van der Waals surface area (Å²) in [6.45, 7) is 15.6. The Labute approximate surface area is 705 Å². The number of carboxylic acid groups (broad SMARTS) is 1. The standard InChI is InChI=1S/C80H128N18O19S2/c1-5-7-17-61(91-69(102)23-22-68(101)87-26-13-36-115-38-40-117-41-39-116-37-14-27-88-70(103)49-95-32-34-96(35-33-95)78(112)59(46-84-6-2)47-85-29-25-81)74(108)90-48-60(79(113)98-31-12-19-66(98)80(114)97-30-11-18-65(97)72(83)106)52-118-50-57-42-58(45-86-44-57)51-119-53-64(75(109)89-28-24-71(104)105)94-77(111)63(43-56-15-9-8-10-16-56)93-76(110)62(20-21-67(82)100)92-73(107)54(3)55(4)99/h8-10,15-16,42,44-45,48,54-55,59-66,84-85,99H,5-7,11-14,17-41,43,46-47,49-53,81H2,1-4H3,(H2,82,100)(H2,83,106)(H,87,101)(H,88,103)(H,89,109)(H,91,102)(H,92,107)(H,93,110)(H,94,111)(H,104,105)/t54-,55+,59?,60?,61-,62-,63-,64-,65-,66-/m0/s1. The van der Waals surface area contributed by atoms with E-state index in [1.165, 1.54) is 53.4 Å². The maximum absolute atomic E-state index is 14.8. The highest BCUT2D eigenvalue weighted by Crippen LogP contribution is 2.28. The molecule has 3 fully saturated rings. The van der Waals surface area contributed by atoms with Crippen LogP contribution >= 0.6 is 23.5 Å². The van der Waals surface area contributed by atoms with Crippen LogP contribution in [0.25, 0.3) is 0 Å². The van der Waals surface area contributed by atoms with Crippen LogP contribution in [0.5, 0.6) is 0 Å². The third-order valence-electron chi connectivity index (χ3n) is 20.1. The van der Waals surface area contributed by atoms with Gasteiger partial charge < -0.3 is 104 Å². The number of unbranched alkanes of at least 4 members (excludes halogenated alkanes) is 1. The number of nitrogens with zero attached hydrogens (tertiary/aromatic N) is 6. The van der Waals surface area contributed by atoms with Crippen LogP contribution < -0.4 is 65.1 Å². The second-order valence-electron chi connectivity index (χ2n) is 29.7. The number of piperazine rings is 1. The number of primary amides is 2. The fourth-order valence-electron chi connectivity index (χ4n) is 13.2. The van der Waals surface area contributed by atoms with Crippen molar-refractivity contribution in [2.24, 2.45) is 39.9 Å². The van der Waals surface area contributed by atoms with Gasteiger partial charge in [-0.2, -0.15) is 23.5 Å². The van der Waals surface area contributed by atoms with E-state index in [1.807, 2.05) is 24.8 Å². The topological polar surface area (TPSA) is 532 Å². The third-order valence-corrected chi connectivity index (χ3v) is 22.4. The lowest BCUT2D eigenvalue weighted by Gasteiger charge is -2.36. The Balaban J connectivity index is 1.10. The van der Waals surface area contributed by atoms with Gasteiger partial charge in [0.25, 0.3) is 5.91 Å². The Bertz CT molecular complexity index is 3570. The summed E-state index contributed by atoms with van der Waals surface area (Å²) in [6.07, 6.45) is 6.21. The number of aliphatic hydroxyl groups is 1. The number of carboxylic acids is 1. The van der Waals surface area contributed by atoms with Gasteiger partial charge in [0.2, 0.25) is 70.9 Å². The van der Waals surface area contributed by atoms with E-state index in [1.54, 1.807) is 42.7 Å². The van der Waals surface area contributed by atoms with E-state index in [2.05, 4.69) is 62.7 Å². The van der Waals surface area contributed by atoms with E-state index >= 15 is 0 Å². The highest BCUT2D eigenvalue weighted by atomic mass is 32.2. The summed E-state index contributed by atoms with van der Waals surface area (Å²) in [7, 11) is 0. The SMILES string of the molecule is CCCC[C@H](NC(=O)CCC(=O)NCCCOCCOCCOCCCNC(=O)CN1CCN(C(=O)C(CNCC)CNCCN)CC1)C(=O)N=CC(CSCc1cncc(CSC[C@H](NC(=O)[C@H](Cc2ccccc2)NC(=O)[C@H](CCC(N)=O)NC(=O)[C@@H](C)[C@@H](C)O)C(=O)NCCC(=O)O)c1)C(=O)N1CCC[C@H]1C(=O)N1CCC[C@H]1C(N)=O. The lowest BCUT2D eigenvalue weighted by Crippen LogP contribution is -2.58. The minimum Gasteiger partial charge on any atom is -0.481 e. The summed E-state index contributed by atoms with van der Waals surface area (Å²) in [5, 5.41) is 44.9. The average molecular weight is 1710 g/mol. The average Bonchev–Trinajstić information content (AvgIpc) is 1.66. The van der Waals surface area contributed by atoms with E-state index in [0.717, 1.165) is 6.54 Å². The maximum Gasteiger partial charge on any atom is 0.305 e. The smallest absolute Gasteiger partial charge is 0.305 e. The van der Waals surface area contributed by atoms with E-state index in [0.29, 0.717) is 173 Å². The second kappa shape index (κ2) is 57.4. The first-order valence-electron chi connectivity index (χ1n) is 41.4. The number of pyridine rings is 1. The van der Waals surface area contributed by atoms with Crippen LogP contribution in [0.15, 0.2) is 53.8 Å². The largest absolute Gasteiger partial charge is 0.481 e. The van der Waals surface area contributed by atoms with Crippen LogP contribution in [0.3, 0.4) is 0 Å². The van der Waals surface area contributed by atoms with E-state index in [-0.39, 0.29) is 111 Å². The molecule has 1 aromatic carbocycles. The Kier molecular flexibility index (Phi) is 48.6. The number of thioether (sulfide) groups is 2. The molecule has 37 nitrogen and oxygen atoms in total. The number of aliphatic carboxylic acids is 1. The molecule has 0 spiro atoms. The van der Waals surface area contributed by atoms with Crippen molar-refractivity contribution in [3.05, 3.63) is 65.5 Å². The summed E-state index contributed by atoms with van der Waals surface area (Å²) in [5.74, 6) is -9.90. The minimum absolute atomic E-state index is 0.0573. The number of ether oxygens (including phenoxy) is 3. The first-order chi connectivity index (χ1) is 57.2. The van der Waals surface area contributed by atoms with Crippen molar-refractivity contribution in [3.63, 3.8) is 0 Å². The maximum atomic E-state index is 14.8. The molecule has 39 heteroatoms. The number of aliphatic imine (C=N–C) groups is 1. The van der Waals surface area contributed by atoms with Crippen molar-refractivity contribution >= 4 is 113 Å². The Hall–Kier alpha value is -8.80. The monoisotopic (exact) mass is 1710 g/mol. The number of nitrogens with one attached hydrogen (secondary N) is 9. The molecule has 0 bridgehead atoms. The van der Waals surface area contributed by atoms with Gasteiger partial charge in [0.05, 0.1) is 63.3 Å². The molecule has 119 heavy (non-hydrogen) atoms. The summed E-state index contributed by atoms with van der Waals surface area (Å²) in [5.41, 5.74) is 18.7. The number of hydrogen-bond donors (Lipinski definition) is 14. The second-order valence-corrected chi connectivity index (χ2v) is 31.7. The summed E-state index contributed by atoms with van der Waals surface area (Å²) >= 11 is 2.54. The highest BCUT2D eigenvalue weighted by molar-refractivity contribution is 7.98. The van der Waals surface area contributed by atoms with Gasteiger partial charge >= 0.3 is 5.97 Å². The number of hydrogen-bond acceptors (Lipinski definition) is 25. The molecule has 3 saturated heterocycles. The lowest BCUT2D eigenvalue weighted by atomic mass is 10.0. The van der Waals surface area contributed by atoms with Gasteiger partial charge in [-0.05, 0) is 81.5 Å². The molecule has 1 aromatic heterocycles. The molecule has 10 atom stereocenters. The van der Waals surface area contributed by atoms with Gasteiger partial charge in [-0.1, -0.05) is 70.0 Å². The Morgan fingerprint density at radius 1 is 0.597 bits per heavy atom. The van der Waals surface area contributed by atoms with Crippen molar-refractivity contribution in [1.29, 1.82) is 0 Å². The minimum atomic E-state index is -1.37. The van der Waals surface area contributed by atoms with Crippen molar-refractivity contribution in [3.8, 4) is 0 Å². The van der Waals surface area contributed by atoms with Crippen LogP contribution in [0.4, 0.5) is 0 Å². The number of benzene rings is 1. The molecule has 0 radical (unpaired) electrons. The van der Waals surface area contributed by atoms with E-state index in [4.69, 9.17) is 31.4 Å². The summed E-state index contributed by atoms with van der Waals surface area (Å²) < 4.78 is 16.9. The molecular weight excluding hydrogens is 1580 g/mol. The molecule has 13 amide bonds. The number of carbonyl (C=O) groups is 14. The number of rotatable bonds is 60. The highest BCUT2D eigenvalue weighted by Gasteiger charge is 2.43. The summed E-state index contributed by atoms with van der Waals surface area (Å²) in [6, 6.07) is 3.62. The molecule has 0 aliphatic carbocycles. The van der Waals surface area contributed by atoms with Gasteiger partial charge in [0, 0.05) is 166 Å². The van der Waals surface area contributed by atoms with Gasteiger partial charge in [-0.15, -0.1) is 0 Å². The molecule has 3 aliphatic rings. The number of aliphatic hydroxyl groups excluding tert-OH is 1.